The summed E-state index contributed by atoms with van der Waals surface area (Å²) in [4.78, 5) is 28.8. The first kappa shape index (κ1) is 42.8. The van der Waals surface area contributed by atoms with Crippen LogP contribution >= 0.6 is 0 Å². The molecule has 308 valence electrons. The van der Waals surface area contributed by atoms with Gasteiger partial charge in [0.05, 0.1) is 40.3 Å². The molecule has 0 radical (unpaired) electrons. The summed E-state index contributed by atoms with van der Waals surface area (Å²) in [6, 6.07) is 0. The number of aliphatic hydroxyl groups excluding tert-OH is 2. The van der Waals surface area contributed by atoms with Crippen LogP contribution in [0.15, 0.2) is 141 Å². The van der Waals surface area contributed by atoms with Crippen LogP contribution in [0.1, 0.15) is 133 Å². The zero-order valence-corrected chi connectivity index (χ0v) is 36.5. The topological polar surface area (TPSA) is 116 Å². The Hall–Kier alpha value is -4.82. The van der Waals surface area contributed by atoms with Crippen molar-refractivity contribution in [2.45, 2.75) is 140 Å². The van der Waals surface area contributed by atoms with Gasteiger partial charge in [-0.15, -0.1) is 0 Å². The molecule has 0 spiro atoms. The van der Waals surface area contributed by atoms with E-state index in [0.29, 0.717) is 25.0 Å². The lowest BCUT2D eigenvalue weighted by Crippen LogP contribution is -2.16. The molecule has 8 bridgehead atoms. The highest BCUT2D eigenvalue weighted by molar-refractivity contribution is 6.21. The predicted octanol–water partition coefficient (Wildman–Crippen LogP) is 11.6. The second kappa shape index (κ2) is 18.4. The van der Waals surface area contributed by atoms with Crippen molar-refractivity contribution in [3.8, 4) is 0 Å². The van der Waals surface area contributed by atoms with Crippen LogP contribution in [0.25, 0.3) is 0 Å². The fourth-order valence-corrected chi connectivity index (χ4v) is 8.98. The van der Waals surface area contributed by atoms with Gasteiger partial charge in [-0.3, -0.25) is 4.79 Å². The van der Waals surface area contributed by atoms with Crippen LogP contribution in [-0.4, -0.2) is 46.0 Å². The molecule has 3 atom stereocenters. The highest BCUT2D eigenvalue weighted by Crippen LogP contribution is 2.47. The lowest BCUT2D eigenvalue weighted by atomic mass is 9.86. The molecule has 6 rings (SSSR count). The van der Waals surface area contributed by atoms with Crippen molar-refractivity contribution in [3.05, 3.63) is 126 Å². The van der Waals surface area contributed by atoms with Crippen molar-refractivity contribution >= 4 is 23.1 Å². The summed E-state index contributed by atoms with van der Waals surface area (Å²) >= 11 is 0. The summed E-state index contributed by atoms with van der Waals surface area (Å²) < 4.78 is 5.75. The van der Waals surface area contributed by atoms with Gasteiger partial charge in [-0.1, -0.05) is 56.1 Å². The molecule has 5 aliphatic heterocycles. The Balaban J connectivity index is 1.29. The van der Waals surface area contributed by atoms with Crippen molar-refractivity contribution in [2.24, 2.45) is 26.8 Å². The predicted molar refractivity (Wildman–Crippen MR) is 239 cm³/mol. The average Bonchev–Trinajstić information content (AvgIpc) is 3.93. The van der Waals surface area contributed by atoms with Gasteiger partial charge in [0.25, 0.3) is 0 Å². The maximum Gasteiger partial charge on any atom is 0.306 e. The number of nitrogens with zero attached hydrogens (tertiary/aromatic N) is 3. The van der Waals surface area contributed by atoms with Gasteiger partial charge < -0.3 is 20.3 Å². The monoisotopic (exact) mass is 784 g/mol. The molecule has 0 saturated carbocycles. The van der Waals surface area contributed by atoms with Crippen LogP contribution in [0.5, 0.6) is 0 Å². The molecule has 3 N–H and O–H groups in total. The fourth-order valence-electron chi connectivity index (χ4n) is 8.98. The molecule has 6 aliphatic rings. The number of aliphatic hydroxyl groups is 2. The van der Waals surface area contributed by atoms with E-state index in [1.807, 2.05) is 19.1 Å². The van der Waals surface area contributed by atoms with Crippen LogP contribution in [0.4, 0.5) is 0 Å². The normalized spacial score (nSPS) is 22.3. The standard InChI is InChI=1S/C50H64N4O4/c1-11-15-36-31(7)39-26-44-47(34(10)55)33(9)41(52-44)25-40-32(8)37(20-21-46(57)58-23-22-30(6)19-14-18-29(5)17-13-16-28(3)4)49(53-40)38-24-45(56)48-35(12-2)42(54-50(38)48)27-43(36)51-39/h16,18,22,25-27,32,34,37,53,55-56H,11-15,17,19-21,23-24H2,1-10H3/b29-18+,30-22+,40-25?,43-27?,44-26?,49-38?/t32-,34?,37-/m0/s1. The van der Waals surface area contributed by atoms with Crippen molar-refractivity contribution in [2.75, 3.05) is 6.61 Å². The second-order valence-electron chi connectivity index (χ2n) is 17.0. The van der Waals surface area contributed by atoms with Gasteiger partial charge in [-0.2, -0.15) is 0 Å². The molecular formula is C50H64N4O4. The third-order valence-electron chi connectivity index (χ3n) is 12.3. The molecule has 0 aromatic rings. The van der Waals surface area contributed by atoms with Crippen LogP contribution in [0.3, 0.4) is 0 Å². The summed E-state index contributed by atoms with van der Waals surface area (Å²) in [6.07, 6.45) is 20.0. The number of carbonyl (C=O) groups excluding carboxylic acids is 1. The molecule has 1 unspecified atom stereocenters. The van der Waals surface area contributed by atoms with Gasteiger partial charge in [-0.25, -0.2) is 15.0 Å². The Morgan fingerprint density at radius 2 is 1.60 bits per heavy atom. The van der Waals surface area contributed by atoms with E-state index in [1.54, 1.807) is 6.92 Å². The van der Waals surface area contributed by atoms with E-state index in [0.717, 1.165) is 118 Å². The summed E-state index contributed by atoms with van der Waals surface area (Å²) in [5.74, 6) is 0.0789. The number of hydrogen-bond acceptors (Lipinski definition) is 8. The summed E-state index contributed by atoms with van der Waals surface area (Å²) in [5, 5.41) is 26.4. The van der Waals surface area contributed by atoms with Crippen LogP contribution in [0.2, 0.25) is 0 Å². The van der Waals surface area contributed by atoms with Gasteiger partial charge in [0.15, 0.2) is 0 Å². The first-order chi connectivity index (χ1) is 27.7. The molecule has 1 aliphatic carbocycles. The number of hydrogen-bond donors (Lipinski definition) is 3. The smallest absolute Gasteiger partial charge is 0.306 e. The van der Waals surface area contributed by atoms with E-state index in [2.05, 4.69) is 85.0 Å². The minimum Gasteiger partial charge on any atom is -0.511 e. The van der Waals surface area contributed by atoms with Gasteiger partial charge in [0.2, 0.25) is 0 Å². The Kier molecular flexibility index (Phi) is 13.6. The number of nitrogens with one attached hydrogen (secondary N) is 1. The Morgan fingerprint density at radius 3 is 2.29 bits per heavy atom. The van der Waals surface area contributed by atoms with Crippen LogP contribution in [-0.2, 0) is 9.53 Å². The molecule has 5 heterocycles. The van der Waals surface area contributed by atoms with E-state index in [4.69, 9.17) is 19.7 Å². The molecule has 1 fully saturated rings. The zero-order chi connectivity index (χ0) is 41.8. The van der Waals surface area contributed by atoms with E-state index in [1.165, 1.54) is 22.3 Å². The Labute approximate surface area is 346 Å². The quantitative estimate of drug-likeness (QED) is 0.113. The highest BCUT2D eigenvalue weighted by atomic mass is 16.5. The average molecular weight is 785 g/mol. The molecule has 0 amide bonds. The Morgan fingerprint density at radius 1 is 0.914 bits per heavy atom. The first-order valence-corrected chi connectivity index (χ1v) is 21.5. The lowest BCUT2D eigenvalue weighted by molar-refractivity contribution is -0.142. The van der Waals surface area contributed by atoms with E-state index in [9.17, 15) is 15.0 Å². The largest absolute Gasteiger partial charge is 0.511 e. The third kappa shape index (κ3) is 9.07. The van der Waals surface area contributed by atoms with Gasteiger partial charge in [0.1, 0.15) is 12.4 Å². The molecule has 0 aromatic heterocycles. The second-order valence-corrected chi connectivity index (χ2v) is 17.0. The maximum atomic E-state index is 13.3. The number of fused-ring (bicyclic) bond motifs is 5. The number of carbonyl (C=O) groups is 1. The fraction of sp³-hybridized carbons (Fsp3) is 0.480. The number of esters is 1. The summed E-state index contributed by atoms with van der Waals surface area (Å²) in [7, 11) is 0. The van der Waals surface area contributed by atoms with Crippen LogP contribution in [0, 0.1) is 11.8 Å². The first-order valence-electron chi connectivity index (χ1n) is 21.5. The minimum atomic E-state index is -0.716. The van der Waals surface area contributed by atoms with Gasteiger partial charge in [-0.05, 0) is 140 Å². The van der Waals surface area contributed by atoms with E-state index < -0.39 is 6.10 Å². The zero-order valence-electron chi connectivity index (χ0n) is 36.5. The molecular weight excluding hydrogens is 721 g/mol. The lowest BCUT2D eigenvalue weighted by Gasteiger charge is -2.17. The van der Waals surface area contributed by atoms with Crippen molar-refractivity contribution in [1.29, 1.82) is 0 Å². The summed E-state index contributed by atoms with van der Waals surface area (Å²) in [6.45, 7) is 21.2. The minimum absolute atomic E-state index is 0.0146. The van der Waals surface area contributed by atoms with Crippen LogP contribution < -0.4 is 5.32 Å². The number of allylic oxidation sites excluding steroid dienone is 16. The number of ether oxygens (including phenoxy) is 1. The van der Waals surface area contributed by atoms with Gasteiger partial charge in [0, 0.05) is 52.8 Å². The molecule has 58 heavy (non-hydrogen) atoms. The Bertz CT molecular complexity index is 2190. The van der Waals surface area contributed by atoms with E-state index in [-0.39, 0.29) is 30.8 Å². The van der Waals surface area contributed by atoms with Gasteiger partial charge >= 0.3 is 5.97 Å². The van der Waals surface area contributed by atoms with Crippen molar-refractivity contribution in [3.63, 3.8) is 0 Å². The number of aliphatic imine (C=N–C) groups is 3. The maximum absolute atomic E-state index is 13.3. The highest BCUT2D eigenvalue weighted by Gasteiger charge is 2.42. The third-order valence-corrected chi connectivity index (χ3v) is 12.3. The van der Waals surface area contributed by atoms with Crippen molar-refractivity contribution < 1.29 is 19.7 Å². The van der Waals surface area contributed by atoms with E-state index >= 15 is 0 Å². The molecule has 0 aromatic carbocycles. The number of rotatable bonds is 15. The molecule has 8 heteroatoms. The van der Waals surface area contributed by atoms with Crippen molar-refractivity contribution in [1.82, 2.24) is 5.32 Å². The summed E-state index contributed by atoms with van der Waals surface area (Å²) in [5.41, 5.74) is 17.6. The molecule has 1 saturated heterocycles. The molecule has 8 nitrogen and oxygen atoms in total. The SMILES string of the molecule is CCCC1=C(C)C2=NC1=CC1=C(CC)C3=C(O)CC(=C4NC(=CC5=NC(=C2)C(C(C)O)=C5C)[C@@H](C)[C@@H]4CCC(=O)OC/C=C(\C)CC/C=C(\C)CCC=C(C)C)C3=N1.